The fraction of sp³-hybridized carbons (Fsp3) is 0.214. The first-order valence-electron chi connectivity index (χ1n) is 11.0. The molecule has 0 spiro atoms. The SMILES string of the molecule is Fc1ccc(F)c(-c2ccc3c4c(ccc3c2C2=CCCS2)C2=C(CCC=C2)CC4)c1. The first-order valence-corrected chi connectivity index (χ1v) is 12.0. The van der Waals surface area contributed by atoms with E-state index in [1.807, 2.05) is 17.8 Å². The van der Waals surface area contributed by atoms with Gasteiger partial charge in [-0.2, -0.15) is 0 Å². The number of rotatable bonds is 2. The Bertz CT molecular complexity index is 1330. The number of benzene rings is 3. The molecule has 6 rings (SSSR count). The molecule has 3 heteroatoms. The quantitative estimate of drug-likeness (QED) is 0.395. The maximum Gasteiger partial charge on any atom is 0.131 e. The maximum absolute atomic E-state index is 14.8. The highest BCUT2D eigenvalue weighted by Gasteiger charge is 2.24. The summed E-state index contributed by atoms with van der Waals surface area (Å²) in [6, 6.07) is 12.3. The molecule has 0 nitrogen and oxygen atoms in total. The summed E-state index contributed by atoms with van der Waals surface area (Å²) in [5.41, 5.74) is 7.85. The van der Waals surface area contributed by atoms with Gasteiger partial charge in [0.15, 0.2) is 0 Å². The normalized spacial score (nSPS) is 17.7. The molecular weight excluding hydrogens is 406 g/mol. The summed E-state index contributed by atoms with van der Waals surface area (Å²) >= 11 is 1.81. The minimum absolute atomic E-state index is 0.336. The molecule has 0 radical (unpaired) electrons. The second kappa shape index (κ2) is 7.49. The highest BCUT2D eigenvalue weighted by molar-refractivity contribution is 8.08. The molecule has 0 bridgehead atoms. The predicted octanol–water partition coefficient (Wildman–Crippen LogP) is 8.31. The number of aryl methyl sites for hydroxylation is 1. The summed E-state index contributed by atoms with van der Waals surface area (Å²) in [6.07, 6.45) is 12.3. The molecule has 0 fully saturated rings. The van der Waals surface area contributed by atoms with Crippen molar-refractivity contribution in [3.8, 4) is 11.1 Å². The topological polar surface area (TPSA) is 0 Å². The van der Waals surface area contributed by atoms with E-state index in [9.17, 15) is 8.78 Å². The maximum atomic E-state index is 14.8. The van der Waals surface area contributed by atoms with Crippen molar-refractivity contribution in [2.75, 3.05) is 5.75 Å². The van der Waals surface area contributed by atoms with Crippen LogP contribution in [0.5, 0.6) is 0 Å². The average Bonchev–Trinajstić information content (AvgIpc) is 3.34. The summed E-state index contributed by atoms with van der Waals surface area (Å²) in [7, 11) is 0. The molecule has 0 saturated carbocycles. The molecule has 0 atom stereocenters. The second-order valence-electron chi connectivity index (χ2n) is 8.46. The lowest BCUT2D eigenvalue weighted by molar-refractivity contribution is 0.603. The van der Waals surface area contributed by atoms with Gasteiger partial charge < -0.3 is 0 Å². The third-order valence-corrected chi connectivity index (χ3v) is 7.85. The standard InChI is InChI=1S/C28H22F2S/c29-18-8-14-26(30)25(16-18)24-13-11-22-21-9-7-17-4-1-2-5-19(17)20(21)10-12-23(22)28(24)27-6-3-15-31-27/h2,5-6,8,10-14,16H,1,3-4,7,9,15H2. The van der Waals surface area contributed by atoms with Gasteiger partial charge in [0.05, 0.1) is 0 Å². The van der Waals surface area contributed by atoms with E-state index < -0.39 is 5.82 Å². The Labute approximate surface area is 185 Å². The van der Waals surface area contributed by atoms with Crippen LogP contribution >= 0.6 is 11.8 Å². The summed E-state index contributed by atoms with van der Waals surface area (Å²) in [6.45, 7) is 0. The Morgan fingerprint density at radius 1 is 0.774 bits per heavy atom. The summed E-state index contributed by atoms with van der Waals surface area (Å²) < 4.78 is 28.8. The lowest BCUT2D eigenvalue weighted by Gasteiger charge is -2.26. The van der Waals surface area contributed by atoms with E-state index in [2.05, 4.69) is 36.4 Å². The van der Waals surface area contributed by atoms with Crippen LogP contribution in [0.1, 0.15) is 42.4 Å². The van der Waals surface area contributed by atoms with Crippen LogP contribution in [0.2, 0.25) is 0 Å². The van der Waals surface area contributed by atoms with Gasteiger partial charge in [0, 0.05) is 21.8 Å². The average molecular weight is 429 g/mol. The summed E-state index contributed by atoms with van der Waals surface area (Å²) in [5.74, 6) is 0.234. The Kier molecular flexibility index (Phi) is 4.61. The van der Waals surface area contributed by atoms with Gasteiger partial charge in [-0.15, -0.1) is 11.8 Å². The van der Waals surface area contributed by atoms with Crippen LogP contribution in [0.4, 0.5) is 8.78 Å². The number of halogens is 2. The van der Waals surface area contributed by atoms with Crippen molar-refractivity contribution in [1.82, 2.24) is 0 Å². The van der Waals surface area contributed by atoms with Crippen LogP contribution in [0.3, 0.4) is 0 Å². The van der Waals surface area contributed by atoms with Crippen LogP contribution in [-0.2, 0) is 6.42 Å². The van der Waals surface area contributed by atoms with E-state index in [0.29, 0.717) is 5.56 Å². The zero-order valence-electron chi connectivity index (χ0n) is 17.2. The van der Waals surface area contributed by atoms with E-state index in [0.717, 1.165) is 54.4 Å². The fourth-order valence-corrected chi connectivity index (χ4v) is 6.36. The monoisotopic (exact) mass is 428 g/mol. The van der Waals surface area contributed by atoms with Crippen LogP contribution in [0.25, 0.3) is 32.4 Å². The zero-order valence-corrected chi connectivity index (χ0v) is 18.0. The molecule has 3 aliphatic rings. The summed E-state index contributed by atoms with van der Waals surface area (Å²) in [4.78, 5) is 1.18. The van der Waals surface area contributed by atoms with Crippen LogP contribution in [-0.4, -0.2) is 5.75 Å². The van der Waals surface area contributed by atoms with E-state index >= 15 is 0 Å². The Morgan fingerprint density at radius 3 is 2.52 bits per heavy atom. The first kappa shape index (κ1) is 19.1. The zero-order chi connectivity index (χ0) is 20.9. The molecule has 154 valence electrons. The van der Waals surface area contributed by atoms with E-state index in [4.69, 9.17) is 0 Å². The van der Waals surface area contributed by atoms with Crippen LogP contribution in [0, 0.1) is 11.6 Å². The predicted molar refractivity (Wildman–Crippen MR) is 128 cm³/mol. The minimum Gasteiger partial charge on any atom is -0.207 e. The van der Waals surface area contributed by atoms with Crippen molar-refractivity contribution in [3.63, 3.8) is 0 Å². The third kappa shape index (κ3) is 3.10. The second-order valence-corrected chi connectivity index (χ2v) is 9.60. The first-order chi connectivity index (χ1) is 15.2. The number of hydrogen-bond acceptors (Lipinski definition) is 1. The van der Waals surface area contributed by atoms with Crippen molar-refractivity contribution in [1.29, 1.82) is 0 Å². The Hall–Kier alpha value is -2.65. The van der Waals surface area contributed by atoms with Gasteiger partial charge in [0.25, 0.3) is 0 Å². The molecule has 0 saturated heterocycles. The molecular formula is C28H22F2S. The van der Waals surface area contributed by atoms with E-state index in [-0.39, 0.29) is 5.82 Å². The van der Waals surface area contributed by atoms with Crippen molar-refractivity contribution < 1.29 is 8.78 Å². The molecule has 3 aromatic carbocycles. The van der Waals surface area contributed by atoms with Crippen molar-refractivity contribution >= 4 is 33.0 Å². The molecule has 1 heterocycles. The van der Waals surface area contributed by atoms with Gasteiger partial charge in [0.2, 0.25) is 0 Å². The highest BCUT2D eigenvalue weighted by atomic mass is 32.2. The van der Waals surface area contributed by atoms with Gasteiger partial charge in [0.1, 0.15) is 11.6 Å². The van der Waals surface area contributed by atoms with Crippen molar-refractivity contribution in [2.24, 2.45) is 0 Å². The molecule has 2 aliphatic carbocycles. The molecule has 31 heavy (non-hydrogen) atoms. The molecule has 0 aromatic heterocycles. The van der Waals surface area contributed by atoms with Gasteiger partial charge in [-0.3, -0.25) is 0 Å². The molecule has 1 aliphatic heterocycles. The molecule has 0 unspecified atom stereocenters. The minimum atomic E-state index is -0.413. The fourth-order valence-electron chi connectivity index (χ4n) is 5.30. The Morgan fingerprint density at radius 2 is 1.65 bits per heavy atom. The lowest BCUT2D eigenvalue weighted by atomic mass is 9.78. The van der Waals surface area contributed by atoms with Gasteiger partial charge >= 0.3 is 0 Å². The van der Waals surface area contributed by atoms with Gasteiger partial charge in [-0.25, -0.2) is 8.78 Å². The number of allylic oxidation sites excluding steroid dienone is 5. The van der Waals surface area contributed by atoms with E-state index in [1.54, 1.807) is 5.57 Å². The number of hydrogen-bond donors (Lipinski definition) is 0. The molecule has 0 N–H and O–H groups in total. The smallest absolute Gasteiger partial charge is 0.131 e. The molecule has 0 amide bonds. The Balaban J connectivity index is 1.64. The van der Waals surface area contributed by atoms with Gasteiger partial charge in [-0.1, -0.05) is 48.1 Å². The number of thioether (sulfide) groups is 1. The third-order valence-electron chi connectivity index (χ3n) is 6.73. The van der Waals surface area contributed by atoms with E-state index in [1.165, 1.54) is 45.2 Å². The highest BCUT2D eigenvalue weighted by Crippen LogP contribution is 2.46. The van der Waals surface area contributed by atoms with Crippen LogP contribution < -0.4 is 0 Å². The molecule has 3 aromatic rings. The summed E-state index contributed by atoms with van der Waals surface area (Å²) in [5, 5.41) is 2.39. The number of fused-ring (bicyclic) bond motifs is 4. The lowest BCUT2D eigenvalue weighted by Crippen LogP contribution is -2.07. The van der Waals surface area contributed by atoms with Crippen LogP contribution in [0.15, 0.2) is 66.3 Å². The van der Waals surface area contributed by atoms with Gasteiger partial charge in [-0.05, 0) is 83.3 Å². The largest absolute Gasteiger partial charge is 0.207 e. The van der Waals surface area contributed by atoms with Crippen molar-refractivity contribution in [3.05, 3.63) is 94.6 Å². The van der Waals surface area contributed by atoms with Crippen molar-refractivity contribution in [2.45, 2.75) is 32.1 Å².